The predicted octanol–water partition coefficient (Wildman–Crippen LogP) is 4.84. The van der Waals surface area contributed by atoms with E-state index in [2.05, 4.69) is 27.6 Å². The Morgan fingerprint density at radius 3 is 2.28 bits per heavy atom. The van der Waals surface area contributed by atoms with Crippen molar-refractivity contribution >= 4 is 33.4 Å². The van der Waals surface area contributed by atoms with Gasteiger partial charge < -0.3 is 14.8 Å². The number of benzene rings is 4. The third-order valence-electron chi connectivity index (χ3n) is 5.28. The average Bonchev–Trinajstić information content (AvgIpc) is 3.26. The van der Waals surface area contributed by atoms with Gasteiger partial charge in [0.05, 0.1) is 19.9 Å². The number of methoxy groups -OCH3 is 2. The first-order valence-electron chi connectivity index (χ1n) is 10.1. The number of ether oxygens (including phenoxy) is 2. The molecule has 0 spiro atoms. The number of hydrogen-bond donors (Lipinski definition) is 1. The van der Waals surface area contributed by atoms with Gasteiger partial charge in [0.2, 0.25) is 0 Å². The van der Waals surface area contributed by atoms with Crippen LogP contribution in [-0.4, -0.2) is 35.1 Å². The third kappa shape index (κ3) is 3.39. The zero-order chi connectivity index (χ0) is 22.1. The summed E-state index contributed by atoms with van der Waals surface area (Å²) in [5, 5.41) is 14.3. The van der Waals surface area contributed by atoms with Gasteiger partial charge in [-0.3, -0.25) is 4.79 Å². The van der Waals surface area contributed by atoms with Crippen molar-refractivity contribution in [3.8, 4) is 17.2 Å². The van der Waals surface area contributed by atoms with E-state index in [1.807, 2.05) is 36.4 Å². The highest BCUT2D eigenvalue weighted by molar-refractivity contribution is 6.08. The molecular formula is C25H20N4O3. The van der Waals surface area contributed by atoms with Gasteiger partial charge in [0.25, 0.3) is 5.91 Å². The molecule has 1 amide bonds. The van der Waals surface area contributed by atoms with Crippen molar-refractivity contribution in [1.29, 1.82) is 0 Å². The maximum Gasteiger partial charge on any atom is 0.263 e. The van der Waals surface area contributed by atoms with Gasteiger partial charge >= 0.3 is 0 Å². The van der Waals surface area contributed by atoms with Gasteiger partial charge in [0, 0.05) is 11.1 Å². The number of rotatable bonds is 5. The van der Waals surface area contributed by atoms with Crippen molar-refractivity contribution in [2.75, 3.05) is 19.5 Å². The number of hydrogen-bond acceptors (Lipinski definition) is 5. The number of nitrogens with one attached hydrogen (secondary N) is 1. The molecule has 5 rings (SSSR count). The minimum atomic E-state index is -0.333. The topological polar surface area (TPSA) is 78.3 Å². The number of nitrogens with zero attached hydrogens (tertiary/aromatic N) is 3. The molecule has 0 fully saturated rings. The molecule has 0 aliphatic carbocycles. The zero-order valence-corrected chi connectivity index (χ0v) is 17.6. The van der Waals surface area contributed by atoms with Crippen LogP contribution in [-0.2, 0) is 0 Å². The summed E-state index contributed by atoms with van der Waals surface area (Å²) in [6.45, 7) is 0. The van der Waals surface area contributed by atoms with Crippen molar-refractivity contribution in [3.63, 3.8) is 0 Å². The lowest BCUT2D eigenvalue weighted by atomic mass is 10.1. The number of fused-ring (bicyclic) bond motifs is 2. The number of carbonyl (C=O) groups is 1. The molecule has 0 atom stereocenters. The molecule has 158 valence electrons. The number of aromatic nitrogens is 3. The van der Waals surface area contributed by atoms with Crippen LogP contribution in [0.15, 0.2) is 78.9 Å². The molecule has 7 nitrogen and oxygen atoms in total. The fourth-order valence-corrected chi connectivity index (χ4v) is 3.75. The smallest absolute Gasteiger partial charge is 0.263 e. The molecule has 5 aromatic rings. The lowest BCUT2D eigenvalue weighted by Crippen LogP contribution is -2.14. The summed E-state index contributed by atoms with van der Waals surface area (Å²) < 4.78 is 10.7. The molecule has 0 aliphatic rings. The molecule has 1 aromatic heterocycles. The standard InChI is InChI=1S/C25H20N4O3/c1-31-22-11-6-12-23(32-2)24(22)25(30)26-17-13-14-19-20(15-17)28-29(27-19)21-10-5-8-16-7-3-4-9-18(16)21/h3-15H,1-2H3,(H,26,30). The van der Waals surface area contributed by atoms with Gasteiger partial charge in [0.15, 0.2) is 0 Å². The van der Waals surface area contributed by atoms with Crippen LogP contribution in [0.3, 0.4) is 0 Å². The molecule has 0 saturated carbocycles. The van der Waals surface area contributed by atoms with E-state index in [-0.39, 0.29) is 5.91 Å². The summed E-state index contributed by atoms with van der Waals surface area (Å²) in [5.74, 6) is 0.537. The van der Waals surface area contributed by atoms with Crippen molar-refractivity contribution in [3.05, 3.63) is 84.4 Å². The van der Waals surface area contributed by atoms with Gasteiger partial charge in [-0.2, -0.15) is 0 Å². The Morgan fingerprint density at radius 2 is 1.50 bits per heavy atom. The number of anilines is 1. The SMILES string of the molecule is COc1cccc(OC)c1C(=O)Nc1ccc2nn(-c3cccc4ccccc34)nc2c1. The van der Waals surface area contributed by atoms with Crippen LogP contribution in [0.2, 0.25) is 0 Å². The molecule has 0 saturated heterocycles. The van der Waals surface area contributed by atoms with E-state index < -0.39 is 0 Å². The largest absolute Gasteiger partial charge is 0.496 e. The minimum Gasteiger partial charge on any atom is -0.496 e. The van der Waals surface area contributed by atoms with Crippen LogP contribution in [0, 0.1) is 0 Å². The second kappa shape index (κ2) is 8.03. The number of amides is 1. The Bertz CT molecular complexity index is 1430. The molecule has 0 unspecified atom stereocenters. The van der Waals surface area contributed by atoms with E-state index in [0.717, 1.165) is 22.0 Å². The fourth-order valence-electron chi connectivity index (χ4n) is 3.75. The summed E-state index contributed by atoms with van der Waals surface area (Å²) in [5.41, 5.74) is 3.22. The lowest BCUT2D eigenvalue weighted by molar-refractivity contribution is 0.102. The van der Waals surface area contributed by atoms with E-state index in [1.165, 1.54) is 14.2 Å². The third-order valence-corrected chi connectivity index (χ3v) is 5.28. The van der Waals surface area contributed by atoms with Gasteiger partial charge in [0.1, 0.15) is 28.1 Å². The molecular weight excluding hydrogens is 404 g/mol. The van der Waals surface area contributed by atoms with Gasteiger partial charge in [-0.25, -0.2) is 0 Å². The quantitative estimate of drug-likeness (QED) is 0.437. The van der Waals surface area contributed by atoms with Crippen LogP contribution < -0.4 is 14.8 Å². The molecule has 7 heteroatoms. The first-order chi connectivity index (χ1) is 15.7. The molecule has 1 heterocycles. The maximum atomic E-state index is 13.0. The van der Waals surface area contributed by atoms with Crippen molar-refractivity contribution in [2.45, 2.75) is 0 Å². The summed E-state index contributed by atoms with van der Waals surface area (Å²) in [6.07, 6.45) is 0. The second-order valence-corrected chi connectivity index (χ2v) is 7.18. The average molecular weight is 424 g/mol. The highest BCUT2D eigenvalue weighted by atomic mass is 16.5. The van der Waals surface area contributed by atoms with Crippen LogP contribution in [0.1, 0.15) is 10.4 Å². The molecule has 0 aliphatic heterocycles. The Balaban J connectivity index is 1.50. The molecule has 1 N–H and O–H groups in total. The van der Waals surface area contributed by atoms with Crippen molar-refractivity contribution in [1.82, 2.24) is 15.0 Å². The monoisotopic (exact) mass is 424 g/mol. The van der Waals surface area contributed by atoms with Gasteiger partial charge in [-0.1, -0.05) is 42.5 Å². The highest BCUT2D eigenvalue weighted by Gasteiger charge is 2.19. The summed E-state index contributed by atoms with van der Waals surface area (Å²) in [6, 6.07) is 24.8. The Morgan fingerprint density at radius 1 is 0.812 bits per heavy atom. The first kappa shape index (κ1) is 19.6. The predicted molar refractivity (Wildman–Crippen MR) is 124 cm³/mol. The first-order valence-corrected chi connectivity index (χ1v) is 10.1. The summed E-state index contributed by atoms with van der Waals surface area (Å²) in [7, 11) is 3.03. The van der Waals surface area contributed by atoms with Crippen LogP contribution in [0.4, 0.5) is 5.69 Å². The van der Waals surface area contributed by atoms with Crippen molar-refractivity contribution in [2.24, 2.45) is 0 Å². The second-order valence-electron chi connectivity index (χ2n) is 7.18. The fraction of sp³-hybridized carbons (Fsp3) is 0.0800. The zero-order valence-electron chi connectivity index (χ0n) is 17.6. The molecule has 0 radical (unpaired) electrons. The van der Waals surface area contributed by atoms with E-state index in [0.29, 0.717) is 28.3 Å². The van der Waals surface area contributed by atoms with Crippen LogP contribution >= 0.6 is 0 Å². The summed E-state index contributed by atoms with van der Waals surface area (Å²) in [4.78, 5) is 14.6. The molecule has 32 heavy (non-hydrogen) atoms. The number of carbonyl (C=O) groups excluding carboxylic acids is 1. The van der Waals surface area contributed by atoms with E-state index >= 15 is 0 Å². The van der Waals surface area contributed by atoms with Gasteiger partial charge in [-0.15, -0.1) is 15.0 Å². The van der Waals surface area contributed by atoms with E-state index in [9.17, 15) is 4.79 Å². The Labute approximate surface area is 184 Å². The van der Waals surface area contributed by atoms with Gasteiger partial charge in [-0.05, 0) is 41.8 Å². The highest BCUT2D eigenvalue weighted by Crippen LogP contribution is 2.29. The molecule has 0 bridgehead atoms. The Kier molecular flexibility index (Phi) is 4.91. The summed E-state index contributed by atoms with van der Waals surface area (Å²) >= 11 is 0. The van der Waals surface area contributed by atoms with Crippen molar-refractivity contribution < 1.29 is 14.3 Å². The van der Waals surface area contributed by atoms with E-state index in [1.54, 1.807) is 35.1 Å². The molecule has 4 aromatic carbocycles. The van der Waals surface area contributed by atoms with Crippen LogP contribution in [0.5, 0.6) is 11.5 Å². The van der Waals surface area contributed by atoms with Crippen LogP contribution in [0.25, 0.3) is 27.5 Å². The normalized spacial score (nSPS) is 10.9. The lowest BCUT2D eigenvalue weighted by Gasteiger charge is -2.12. The van der Waals surface area contributed by atoms with E-state index in [4.69, 9.17) is 9.47 Å². The minimum absolute atomic E-state index is 0.331. The maximum absolute atomic E-state index is 13.0. The Hall–Kier alpha value is -4.39.